The van der Waals surface area contributed by atoms with Gasteiger partial charge in [0.2, 0.25) is 0 Å². The van der Waals surface area contributed by atoms with Gasteiger partial charge in [0.1, 0.15) is 0 Å². The maximum absolute atomic E-state index is 11.9. The SMILES string of the molecule is CC(NCC(C)(C)O)C(F)F. The van der Waals surface area contributed by atoms with Crippen molar-refractivity contribution in [2.75, 3.05) is 6.54 Å². The van der Waals surface area contributed by atoms with Gasteiger partial charge in [0.25, 0.3) is 6.43 Å². The van der Waals surface area contributed by atoms with Gasteiger partial charge >= 0.3 is 0 Å². The summed E-state index contributed by atoms with van der Waals surface area (Å²) in [6.07, 6.45) is -2.38. The summed E-state index contributed by atoms with van der Waals surface area (Å²) in [6, 6.07) is -0.860. The maximum atomic E-state index is 11.9. The van der Waals surface area contributed by atoms with Gasteiger partial charge in [-0.15, -0.1) is 0 Å². The molecular weight excluding hydrogens is 152 g/mol. The van der Waals surface area contributed by atoms with Crippen molar-refractivity contribution in [3.63, 3.8) is 0 Å². The number of hydrogen-bond acceptors (Lipinski definition) is 2. The van der Waals surface area contributed by atoms with Crippen LogP contribution in [0.2, 0.25) is 0 Å². The lowest BCUT2D eigenvalue weighted by Crippen LogP contribution is -2.42. The smallest absolute Gasteiger partial charge is 0.253 e. The Hall–Kier alpha value is -0.220. The average molecular weight is 167 g/mol. The van der Waals surface area contributed by atoms with E-state index >= 15 is 0 Å². The van der Waals surface area contributed by atoms with E-state index in [4.69, 9.17) is 5.11 Å². The molecule has 0 amide bonds. The molecule has 0 saturated carbocycles. The summed E-state index contributed by atoms with van der Waals surface area (Å²) < 4.78 is 23.7. The van der Waals surface area contributed by atoms with Crippen molar-refractivity contribution in [1.29, 1.82) is 0 Å². The number of halogens is 2. The predicted molar refractivity (Wildman–Crippen MR) is 39.8 cm³/mol. The highest BCUT2D eigenvalue weighted by Crippen LogP contribution is 2.02. The third-order valence-corrected chi connectivity index (χ3v) is 1.23. The summed E-state index contributed by atoms with van der Waals surface area (Å²) in [4.78, 5) is 0. The minimum Gasteiger partial charge on any atom is -0.389 e. The number of alkyl halides is 2. The molecule has 4 heteroatoms. The molecule has 2 nitrogen and oxygen atoms in total. The summed E-state index contributed by atoms with van der Waals surface area (Å²) in [5.74, 6) is 0. The summed E-state index contributed by atoms with van der Waals surface area (Å²) in [7, 11) is 0. The molecular formula is C7H15F2NO. The molecule has 2 N–H and O–H groups in total. The lowest BCUT2D eigenvalue weighted by molar-refractivity contribution is 0.0563. The molecule has 0 bridgehead atoms. The summed E-state index contributed by atoms with van der Waals surface area (Å²) >= 11 is 0. The zero-order valence-corrected chi connectivity index (χ0v) is 7.06. The Morgan fingerprint density at radius 1 is 1.45 bits per heavy atom. The van der Waals surface area contributed by atoms with Gasteiger partial charge in [-0.05, 0) is 20.8 Å². The van der Waals surface area contributed by atoms with Gasteiger partial charge < -0.3 is 10.4 Å². The fraction of sp³-hybridized carbons (Fsp3) is 1.00. The van der Waals surface area contributed by atoms with Crippen LogP contribution in [0.5, 0.6) is 0 Å². The van der Waals surface area contributed by atoms with Gasteiger partial charge in [0, 0.05) is 6.54 Å². The Morgan fingerprint density at radius 2 is 1.91 bits per heavy atom. The van der Waals surface area contributed by atoms with E-state index in [1.807, 2.05) is 0 Å². The van der Waals surface area contributed by atoms with Gasteiger partial charge in [-0.25, -0.2) is 8.78 Å². The predicted octanol–water partition coefficient (Wildman–Crippen LogP) is 1.00. The molecule has 0 heterocycles. The van der Waals surface area contributed by atoms with Gasteiger partial charge in [-0.2, -0.15) is 0 Å². The third-order valence-electron chi connectivity index (χ3n) is 1.23. The Kier molecular flexibility index (Phi) is 3.89. The second-order valence-electron chi connectivity index (χ2n) is 3.32. The fourth-order valence-electron chi connectivity index (χ4n) is 0.500. The van der Waals surface area contributed by atoms with Crippen molar-refractivity contribution in [1.82, 2.24) is 5.32 Å². The third kappa shape index (κ3) is 6.19. The Balaban J connectivity index is 3.54. The van der Waals surface area contributed by atoms with Crippen LogP contribution in [0, 0.1) is 0 Å². The first-order valence-corrected chi connectivity index (χ1v) is 3.57. The van der Waals surface area contributed by atoms with Gasteiger partial charge in [-0.1, -0.05) is 0 Å². The lowest BCUT2D eigenvalue weighted by Gasteiger charge is -2.20. The van der Waals surface area contributed by atoms with E-state index in [9.17, 15) is 8.78 Å². The molecule has 0 aliphatic rings. The molecule has 0 aliphatic heterocycles. The minimum absolute atomic E-state index is 0.179. The van der Waals surface area contributed by atoms with Gasteiger partial charge in [0.05, 0.1) is 11.6 Å². The number of rotatable bonds is 4. The molecule has 0 saturated heterocycles. The van der Waals surface area contributed by atoms with E-state index < -0.39 is 18.1 Å². The Bertz CT molecular complexity index is 111. The number of aliphatic hydroxyl groups is 1. The molecule has 0 aromatic heterocycles. The van der Waals surface area contributed by atoms with Crippen LogP contribution in [0.15, 0.2) is 0 Å². The Labute approximate surface area is 65.6 Å². The zero-order chi connectivity index (χ0) is 9.07. The largest absolute Gasteiger partial charge is 0.389 e. The van der Waals surface area contributed by atoms with Crippen LogP contribution in [-0.2, 0) is 0 Å². The fourth-order valence-corrected chi connectivity index (χ4v) is 0.500. The molecule has 1 atom stereocenters. The highest BCUT2D eigenvalue weighted by atomic mass is 19.3. The standard InChI is InChI=1S/C7H15F2NO/c1-5(6(8)9)10-4-7(2,3)11/h5-6,10-11H,4H2,1-3H3. The van der Waals surface area contributed by atoms with Crippen LogP contribution in [0.1, 0.15) is 20.8 Å². The molecule has 1 unspecified atom stereocenters. The first kappa shape index (κ1) is 10.8. The summed E-state index contributed by atoms with van der Waals surface area (Å²) in [5.41, 5.74) is -0.927. The van der Waals surface area contributed by atoms with Gasteiger partial charge in [0.15, 0.2) is 0 Å². The number of nitrogens with one attached hydrogen (secondary N) is 1. The topological polar surface area (TPSA) is 32.3 Å². The molecule has 0 fully saturated rings. The zero-order valence-electron chi connectivity index (χ0n) is 7.06. The normalized spacial score (nSPS) is 15.5. The molecule has 11 heavy (non-hydrogen) atoms. The van der Waals surface area contributed by atoms with Crippen molar-refractivity contribution in [2.24, 2.45) is 0 Å². The highest BCUT2D eigenvalue weighted by molar-refractivity contribution is 4.72. The van der Waals surface area contributed by atoms with Crippen molar-refractivity contribution in [2.45, 2.75) is 38.8 Å². The van der Waals surface area contributed by atoms with Crippen molar-refractivity contribution < 1.29 is 13.9 Å². The Morgan fingerprint density at radius 3 is 2.18 bits per heavy atom. The molecule has 0 aromatic rings. The second-order valence-corrected chi connectivity index (χ2v) is 3.32. The summed E-state index contributed by atoms with van der Waals surface area (Å²) in [6.45, 7) is 4.70. The van der Waals surface area contributed by atoms with Crippen molar-refractivity contribution in [3.8, 4) is 0 Å². The second kappa shape index (κ2) is 3.97. The maximum Gasteiger partial charge on any atom is 0.253 e. The molecule has 0 radical (unpaired) electrons. The van der Waals surface area contributed by atoms with Crippen LogP contribution < -0.4 is 5.32 Å². The van der Waals surface area contributed by atoms with E-state index in [0.29, 0.717) is 0 Å². The van der Waals surface area contributed by atoms with Crippen molar-refractivity contribution in [3.05, 3.63) is 0 Å². The van der Waals surface area contributed by atoms with E-state index in [1.165, 1.54) is 6.92 Å². The molecule has 0 rings (SSSR count). The van der Waals surface area contributed by atoms with Crippen LogP contribution >= 0.6 is 0 Å². The average Bonchev–Trinajstić information content (AvgIpc) is 1.80. The summed E-state index contributed by atoms with van der Waals surface area (Å²) in [5, 5.41) is 11.7. The van der Waals surface area contributed by atoms with E-state index in [0.717, 1.165) is 0 Å². The molecule has 0 aliphatic carbocycles. The monoisotopic (exact) mass is 167 g/mol. The quantitative estimate of drug-likeness (QED) is 0.654. The highest BCUT2D eigenvalue weighted by Gasteiger charge is 2.18. The van der Waals surface area contributed by atoms with Crippen LogP contribution in [0.4, 0.5) is 8.78 Å². The minimum atomic E-state index is -2.38. The van der Waals surface area contributed by atoms with Crippen LogP contribution in [-0.4, -0.2) is 29.7 Å². The van der Waals surface area contributed by atoms with Crippen molar-refractivity contribution >= 4 is 0 Å². The lowest BCUT2D eigenvalue weighted by atomic mass is 10.1. The van der Waals surface area contributed by atoms with Crippen LogP contribution in [0.3, 0.4) is 0 Å². The van der Waals surface area contributed by atoms with Gasteiger partial charge in [-0.3, -0.25) is 0 Å². The van der Waals surface area contributed by atoms with E-state index in [2.05, 4.69) is 5.32 Å². The molecule has 0 aromatic carbocycles. The molecule has 0 spiro atoms. The first-order valence-electron chi connectivity index (χ1n) is 3.57. The number of hydrogen-bond donors (Lipinski definition) is 2. The molecule has 68 valence electrons. The van der Waals surface area contributed by atoms with E-state index in [1.54, 1.807) is 13.8 Å². The van der Waals surface area contributed by atoms with Crippen LogP contribution in [0.25, 0.3) is 0 Å². The first-order chi connectivity index (χ1) is 4.83. The van der Waals surface area contributed by atoms with E-state index in [-0.39, 0.29) is 6.54 Å².